The number of aliphatic hydroxyl groups is 1. The molecule has 0 spiro atoms. The Balaban J connectivity index is 1.34. The molecule has 1 aromatic heterocycles. The summed E-state index contributed by atoms with van der Waals surface area (Å²) >= 11 is 0. The fraction of sp³-hybridized carbons (Fsp3) is 0.476. The minimum Gasteiger partial charge on any atom is -0.497 e. The summed E-state index contributed by atoms with van der Waals surface area (Å²) in [6.45, 7) is 3.38. The molecule has 0 amide bonds. The smallest absolute Gasteiger partial charge is 0.250 e. The zero-order chi connectivity index (χ0) is 18.8. The van der Waals surface area contributed by atoms with Crippen molar-refractivity contribution in [3.8, 4) is 11.5 Å². The van der Waals surface area contributed by atoms with E-state index in [0.29, 0.717) is 24.1 Å². The summed E-state index contributed by atoms with van der Waals surface area (Å²) in [4.78, 5) is 14.4. The number of methoxy groups -OCH3 is 1. The van der Waals surface area contributed by atoms with E-state index in [-0.39, 0.29) is 12.2 Å². The molecule has 2 bridgehead atoms. The first kappa shape index (κ1) is 18.1. The van der Waals surface area contributed by atoms with Crippen LogP contribution >= 0.6 is 0 Å². The molecule has 6 nitrogen and oxygen atoms in total. The van der Waals surface area contributed by atoms with Crippen molar-refractivity contribution < 1.29 is 14.6 Å². The zero-order valence-corrected chi connectivity index (χ0v) is 15.6. The van der Waals surface area contributed by atoms with Crippen molar-refractivity contribution in [2.24, 2.45) is 5.92 Å². The third kappa shape index (κ3) is 4.01. The van der Waals surface area contributed by atoms with E-state index < -0.39 is 6.10 Å². The van der Waals surface area contributed by atoms with Gasteiger partial charge in [-0.15, -0.1) is 0 Å². The van der Waals surface area contributed by atoms with Crippen LogP contribution in [0.15, 0.2) is 47.3 Å². The second-order valence-electron chi connectivity index (χ2n) is 7.56. The largest absolute Gasteiger partial charge is 0.497 e. The Hall–Kier alpha value is -2.31. The molecule has 0 aliphatic carbocycles. The summed E-state index contributed by atoms with van der Waals surface area (Å²) in [5, 5.41) is 10.4. The van der Waals surface area contributed by atoms with Crippen LogP contribution in [0, 0.1) is 5.92 Å². The highest BCUT2D eigenvalue weighted by molar-refractivity contribution is 5.32. The minimum absolute atomic E-state index is 0.0994. The number of hydrogen-bond acceptors (Lipinski definition) is 5. The Bertz CT molecular complexity index is 850. The van der Waals surface area contributed by atoms with Crippen molar-refractivity contribution >= 4 is 0 Å². The Morgan fingerprint density at radius 3 is 2.81 bits per heavy atom. The van der Waals surface area contributed by atoms with Gasteiger partial charge in [-0.3, -0.25) is 9.69 Å². The van der Waals surface area contributed by atoms with E-state index in [9.17, 15) is 9.90 Å². The molecule has 1 N–H and O–H groups in total. The number of nitrogens with zero attached hydrogens (tertiary/aromatic N) is 2. The zero-order valence-electron chi connectivity index (χ0n) is 15.6. The maximum Gasteiger partial charge on any atom is 0.250 e. The lowest BCUT2D eigenvalue weighted by Gasteiger charge is -2.43. The highest BCUT2D eigenvalue weighted by Gasteiger charge is 2.34. The lowest BCUT2D eigenvalue weighted by Crippen LogP contribution is -2.49. The van der Waals surface area contributed by atoms with Gasteiger partial charge in [0.25, 0.3) is 5.56 Å². The predicted molar refractivity (Wildman–Crippen MR) is 102 cm³/mol. The summed E-state index contributed by atoms with van der Waals surface area (Å²) in [5.41, 5.74) is 1.23. The third-order valence-corrected chi connectivity index (χ3v) is 5.51. The van der Waals surface area contributed by atoms with Crippen LogP contribution in [0.25, 0.3) is 0 Å². The van der Waals surface area contributed by atoms with Crippen molar-refractivity contribution in [1.82, 2.24) is 9.47 Å². The van der Waals surface area contributed by atoms with Crippen molar-refractivity contribution in [1.29, 1.82) is 0 Å². The number of aromatic nitrogens is 1. The average molecular weight is 370 g/mol. The Kier molecular flexibility index (Phi) is 5.18. The molecule has 0 unspecified atom stereocenters. The topological polar surface area (TPSA) is 63.9 Å². The summed E-state index contributed by atoms with van der Waals surface area (Å²) in [6, 6.07) is 13.0. The van der Waals surface area contributed by atoms with Gasteiger partial charge in [-0.25, -0.2) is 0 Å². The molecule has 2 aliphatic rings. The summed E-state index contributed by atoms with van der Waals surface area (Å²) in [5.74, 6) is 2.25. The van der Waals surface area contributed by atoms with Crippen LogP contribution < -0.4 is 15.0 Å². The number of benzene rings is 1. The molecule has 3 atom stereocenters. The molecular weight excluding hydrogens is 344 g/mol. The van der Waals surface area contributed by atoms with Gasteiger partial charge in [0.2, 0.25) is 0 Å². The average Bonchev–Trinajstić information content (AvgIpc) is 2.67. The molecule has 27 heavy (non-hydrogen) atoms. The van der Waals surface area contributed by atoms with Crippen LogP contribution in [0.5, 0.6) is 11.5 Å². The Morgan fingerprint density at radius 1 is 1.15 bits per heavy atom. The van der Waals surface area contributed by atoms with E-state index in [1.54, 1.807) is 13.2 Å². The SMILES string of the molecule is COc1cccc(OC[C@@H](O)CN2C[C@@H]3C[C@H](C2)c2cccc(=O)n2C3)c1. The Labute approximate surface area is 158 Å². The number of fused-ring (bicyclic) bond motifs is 4. The van der Waals surface area contributed by atoms with Crippen LogP contribution in [0.3, 0.4) is 0 Å². The molecule has 2 aromatic rings. The van der Waals surface area contributed by atoms with Crippen molar-refractivity contribution in [3.05, 3.63) is 58.5 Å². The van der Waals surface area contributed by atoms with Crippen molar-refractivity contribution in [3.63, 3.8) is 0 Å². The molecule has 1 fully saturated rings. The fourth-order valence-corrected chi connectivity index (χ4v) is 4.38. The first-order valence-electron chi connectivity index (χ1n) is 9.49. The van der Waals surface area contributed by atoms with Gasteiger partial charge in [-0.1, -0.05) is 12.1 Å². The number of ether oxygens (including phenoxy) is 2. The highest BCUT2D eigenvalue weighted by atomic mass is 16.5. The van der Waals surface area contributed by atoms with E-state index >= 15 is 0 Å². The van der Waals surface area contributed by atoms with Gasteiger partial charge in [0.1, 0.15) is 24.2 Å². The first-order chi connectivity index (χ1) is 13.1. The van der Waals surface area contributed by atoms with Gasteiger partial charge in [0, 0.05) is 49.9 Å². The lowest BCUT2D eigenvalue weighted by atomic mass is 9.83. The van der Waals surface area contributed by atoms with E-state index in [0.717, 1.165) is 37.5 Å². The highest BCUT2D eigenvalue weighted by Crippen LogP contribution is 2.34. The molecule has 2 aliphatic heterocycles. The van der Waals surface area contributed by atoms with Crippen LogP contribution in [0.1, 0.15) is 18.0 Å². The minimum atomic E-state index is -0.562. The fourth-order valence-electron chi connectivity index (χ4n) is 4.38. The van der Waals surface area contributed by atoms with Crippen LogP contribution in [0.4, 0.5) is 0 Å². The van der Waals surface area contributed by atoms with Gasteiger partial charge in [-0.2, -0.15) is 0 Å². The number of aliphatic hydroxyl groups excluding tert-OH is 1. The van der Waals surface area contributed by atoms with Gasteiger partial charge in [-0.05, 0) is 30.5 Å². The Morgan fingerprint density at radius 2 is 1.96 bits per heavy atom. The predicted octanol–water partition coefficient (Wildman–Crippen LogP) is 1.72. The van der Waals surface area contributed by atoms with Gasteiger partial charge >= 0.3 is 0 Å². The standard InChI is InChI=1S/C21H26N2O4/c1-26-18-4-2-5-19(9-18)27-14-17(24)13-22-10-15-8-16(12-22)20-6-3-7-21(25)23(20)11-15/h2-7,9,15-17,24H,8,10-14H2,1H3/t15-,16+,17-/m0/s1. The summed E-state index contributed by atoms with van der Waals surface area (Å²) < 4.78 is 12.8. The number of β-amino-alcohol motifs (C(OH)–C–C–N with tert-alkyl or cyclic N) is 1. The third-order valence-electron chi connectivity index (χ3n) is 5.51. The number of rotatable bonds is 6. The van der Waals surface area contributed by atoms with E-state index in [4.69, 9.17) is 9.47 Å². The second-order valence-corrected chi connectivity index (χ2v) is 7.56. The van der Waals surface area contributed by atoms with E-state index in [1.807, 2.05) is 34.9 Å². The number of pyridine rings is 1. The lowest BCUT2D eigenvalue weighted by molar-refractivity contribution is 0.0383. The number of piperidine rings is 1. The monoisotopic (exact) mass is 370 g/mol. The van der Waals surface area contributed by atoms with E-state index in [2.05, 4.69) is 11.0 Å². The maximum atomic E-state index is 12.1. The number of likely N-dealkylation sites (tertiary alicyclic amines) is 1. The van der Waals surface area contributed by atoms with Crippen LogP contribution in [0.2, 0.25) is 0 Å². The normalized spacial score (nSPS) is 22.7. The van der Waals surface area contributed by atoms with Gasteiger partial charge in [0.15, 0.2) is 0 Å². The summed E-state index contributed by atoms with van der Waals surface area (Å²) in [7, 11) is 1.62. The summed E-state index contributed by atoms with van der Waals surface area (Å²) in [6.07, 6.45) is 0.559. The molecule has 6 heteroatoms. The second kappa shape index (κ2) is 7.74. The van der Waals surface area contributed by atoms with Crippen LogP contribution in [-0.4, -0.2) is 54.0 Å². The maximum absolute atomic E-state index is 12.1. The molecule has 0 saturated carbocycles. The molecule has 1 saturated heterocycles. The van der Waals surface area contributed by atoms with Crippen LogP contribution in [-0.2, 0) is 6.54 Å². The quantitative estimate of drug-likeness (QED) is 0.839. The molecule has 144 valence electrons. The molecule has 0 radical (unpaired) electrons. The van der Waals surface area contributed by atoms with Crippen molar-refractivity contribution in [2.75, 3.05) is 33.4 Å². The van der Waals surface area contributed by atoms with Gasteiger partial charge in [0.05, 0.1) is 7.11 Å². The number of hydrogen-bond donors (Lipinski definition) is 1. The molecular formula is C21H26N2O4. The van der Waals surface area contributed by atoms with E-state index in [1.165, 1.54) is 0 Å². The van der Waals surface area contributed by atoms with Crippen molar-refractivity contribution in [2.45, 2.75) is 25.0 Å². The first-order valence-corrected chi connectivity index (χ1v) is 9.49. The molecule has 1 aromatic carbocycles. The molecule has 3 heterocycles. The van der Waals surface area contributed by atoms with Gasteiger partial charge < -0.3 is 19.1 Å². The molecule has 4 rings (SSSR count).